The van der Waals surface area contributed by atoms with E-state index in [-0.39, 0.29) is 17.8 Å². The van der Waals surface area contributed by atoms with E-state index >= 15 is 0 Å². The number of rotatable bonds is 5. The molecule has 1 saturated heterocycles. The Morgan fingerprint density at radius 3 is 2.68 bits per heavy atom. The van der Waals surface area contributed by atoms with Gasteiger partial charge in [-0.1, -0.05) is 18.2 Å². The van der Waals surface area contributed by atoms with Crippen molar-refractivity contribution in [2.45, 2.75) is 18.9 Å². The summed E-state index contributed by atoms with van der Waals surface area (Å²) in [5.74, 6) is 0.550. The second-order valence-corrected chi connectivity index (χ2v) is 8.61. The smallest absolute Gasteiger partial charge is 0.267 e. The number of anilines is 1. The van der Waals surface area contributed by atoms with Gasteiger partial charge in [-0.15, -0.1) is 11.3 Å². The Morgan fingerprint density at radius 1 is 1.13 bits per heavy atom. The zero-order valence-electron chi connectivity index (χ0n) is 16.8. The molecule has 1 amide bonds. The van der Waals surface area contributed by atoms with Gasteiger partial charge in [-0.25, -0.2) is 4.39 Å². The molecule has 4 aromatic rings. The zero-order chi connectivity index (χ0) is 21.2. The number of halogens is 1. The highest BCUT2D eigenvalue weighted by atomic mass is 32.1. The minimum absolute atomic E-state index is 0.119. The summed E-state index contributed by atoms with van der Waals surface area (Å²) >= 11 is 1.69. The van der Waals surface area contributed by atoms with Gasteiger partial charge in [-0.05, 0) is 53.6 Å². The van der Waals surface area contributed by atoms with Crippen molar-refractivity contribution in [2.24, 2.45) is 0 Å². The molecule has 1 fully saturated rings. The molecule has 6 nitrogen and oxygen atoms in total. The molecule has 0 atom stereocenters. The number of carbonyl (C=O) groups is 1. The summed E-state index contributed by atoms with van der Waals surface area (Å²) < 4.78 is 13.1. The Hall–Kier alpha value is -3.39. The lowest BCUT2D eigenvalue weighted by Crippen LogP contribution is -2.44. The van der Waals surface area contributed by atoms with Crippen molar-refractivity contribution in [2.75, 3.05) is 18.0 Å². The predicted octanol–water partition coefficient (Wildman–Crippen LogP) is 4.67. The summed E-state index contributed by atoms with van der Waals surface area (Å²) in [6.07, 6.45) is 3.49. The number of nitrogens with one attached hydrogen (secondary N) is 3. The van der Waals surface area contributed by atoms with Crippen molar-refractivity contribution in [3.05, 3.63) is 71.6 Å². The van der Waals surface area contributed by atoms with Gasteiger partial charge in [0.2, 0.25) is 0 Å². The number of hydrogen-bond donors (Lipinski definition) is 3. The van der Waals surface area contributed by atoms with Crippen LogP contribution in [0, 0.1) is 5.82 Å². The maximum absolute atomic E-state index is 13.1. The lowest BCUT2D eigenvalue weighted by molar-refractivity contribution is 0.0926. The third-order valence-electron chi connectivity index (χ3n) is 5.61. The Balaban J connectivity index is 1.16. The van der Waals surface area contributed by atoms with Gasteiger partial charge in [0, 0.05) is 31.4 Å². The molecule has 0 aliphatic carbocycles. The fourth-order valence-electron chi connectivity index (χ4n) is 3.88. The molecule has 0 radical (unpaired) electrons. The maximum atomic E-state index is 13.1. The highest BCUT2D eigenvalue weighted by molar-refractivity contribution is 7.13. The first kappa shape index (κ1) is 19.6. The third kappa shape index (κ3) is 4.25. The SMILES string of the molecule is O=C(NC1CCN(c2cc(-c3cccs3)[nH]n2)CC1)c1cc(-c2ccc(F)cc2)c[nH]1. The molecule has 158 valence electrons. The van der Waals surface area contributed by atoms with Gasteiger partial charge >= 0.3 is 0 Å². The monoisotopic (exact) mass is 435 g/mol. The van der Waals surface area contributed by atoms with Crippen LogP contribution in [-0.2, 0) is 0 Å². The van der Waals surface area contributed by atoms with Gasteiger partial charge in [-0.2, -0.15) is 5.10 Å². The second kappa shape index (κ2) is 8.39. The number of nitrogens with zero attached hydrogens (tertiary/aromatic N) is 2. The molecule has 5 rings (SSSR count). The lowest BCUT2D eigenvalue weighted by atomic mass is 10.0. The van der Waals surface area contributed by atoms with Gasteiger partial charge in [0.1, 0.15) is 11.5 Å². The molecule has 3 aromatic heterocycles. The van der Waals surface area contributed by atoms with E-state index in [0.29, 0.717) is 5.69 Å². The minimum Gasteiger partial charge on any atom is -0.357 e. The topological polar surface area (TPSA) is 76.8 Å². The van der Waals surface area contributed by atoms with Crippen LogP contribution in [0.25, 0.3) is 21.7 Å². The van der Waals surface area contributed by atoms with Crippen LogP contribution < -0.4 is 10.2 Å². The number of piperidine rings is 1. The van der Waals surface area contributed by atoms with E-state index in [9.17, 15) is 9.18 Å². The fraction of sp³-hybridized carbons (Fsp3) is 0.217. The largest absolute Gasteiger partial charge is 0.357 e. The third-order valence-corrected chi connectivity index (χ3v) is 6.51. The van der Waals surface area contributed by atoms with E-state index in [1.54, 1.807) is 35.7 Å². The molecule has 8 heteroatoms. The first-order valence-corrected chi connectivity index (χ1v) is 11.1. The van der Waals surface area contributed by atoms with E-state index in [4.69, 9.17) is 0 Å². The highest BCUT2D eigenvalue weighted by Crippen LogP contribution is 2.27. The van der Waals surface area contributed by atoms with E-state index in [2.05, 4.69) is 42.9 Å². The summed E-state index contributed by atoms with van der Waals surface area (Å²) in [6.45, 7) is 1.68. The Morgan fingerprint density at radius 2 is 1.94 bits per heavy atom. The predicted molar refractivity (Wildman–Crippen MR) is 121 cm³/mol. The number of hydrogen-bond acceptors (Lipinski definition) is 4. The molecule has 1 aromatic carbocycles. The van der Waals surface area contributed by atoms with Crippen molar-refractivity contribution in [3.8, 4) is 21.7 Å². The van der Waals surface area contributed by atoms with E-state index < -0.39 is 0 Å². The molecular formula is C23H22FN5OS. The van der Waals surface area contributed by atoms with Crippen LogP contribution in [0.5, 0.6) is 0 Å². The molecule has 0 bridgehead atoms. The molecule has 0 saturated carbocycles. The average molecular weight is 436 g/mol. The fourth-order valence-corrected chi connectivity index (χ4v) is 4.57. The maximum Gasteiger partial charge on any atom is 0.267 e. The molecule has 3 N–H and O–H groups in total. The number of benzene rings is 1. The zero-order valence-corrected chi connectivity index (χ0v) is 17.6. The van der Waals surface area contributed by atoms with Gasteiger partial charge in [0.15, 0.2) is 5.82 Å². The van der Waals surface area contributed by atoms with Crippen molar-refractivity contribution < 1.29 is 9.18 Å². The average Bonchev–Trinajstić information content (AvgIpc) is 3.56. The quantitative estimate of drug-likeness (QED) is 0.426. The van der Waals surface area contributed by atoms with Crippen LogP contribution in [0.3, 0.4) is 0 Å². The highest BCUT2D eigenvalue weighted by Gasteiger charge is 2.23. The van der Waals surface area contributed by atoms with E-state index in [0.717, 1.165) is 48.6 Å². The van der Waals surface area contributed by atoms with E-state index in [1.807, 2.05) is 6.07 Å². The van der Waals surface area contributed by atoms with Crippen LogP contribution in [0.2, 0.25) is 0 Å². The van der Waals surface area contributed by atoms with Crippen LogP contribution in [0.1, 0.15) is 23.3 Å². The first-order valence-electron chi connectivity index (χ1n) is 10.3. The summed E-state index contributed by atoms with van der Waals surface area (Å²) in [7, 11) is 0. The minimum atomic E-state index is -0.277. The Bertz CT molecular complexity index is 1160. The molecule has 31 heavy (non-hydrogen) atoms. The second-order valence-electron chi connectivity index (χ2n) is 7.66. The first-order chi connectivity index (χ1) is 15.2. The molecule has 0 unspecified atom stereocenters. The molecule has 1 aliphatic heterocycles. The van der Waals surface area contributed by atoms with Crippen molar-refractivity contribution in [3.63, 3.8) is 0 Å². The number of H-pyrrole nitrogens is 2. The normalized spacial score (nSPS) is 14.7. The van der Waals surface area contributed by atoms with Crippen LogP contribution in [0.15, 0.2) is 60.1 Å². The molecule has 4 heterocycles. The van der Waals surface area contributed by atoms with Gasteiger partial charge < -0.3 is 15.2 Å². The van der Waals surface area contributed by atoms with Crippen molar-refractivity contribution in [1.82, 2.24) is 20.5 Å². The molecular weight excluding hydrogens is 413 g/mol. The summed E-state index contributed by atoms with van der Waals surface area (Å²) in [5, 5.41) is 12.7. The van der Waals surface area contributed by atoms with Gasteiger partial charge in [0.05, 0.1) is 10.6 Å². The Labute approximate surface area is 183 Å². The van der Waals surface area contributed by atoms with Gasteiger partial charge in [-0.3, -0.25) is 9.89 Å². The Kier molecular flexibility index (Phi) is 5.30. The number of amides is 1. The van der Waals surface area contributed by atoms with Gasteiger partial charge in [0.25, 0.3) is 5.91 Å². The van der Waals surface area contributed by atoms with Crippen LogP contribution in [0.4, 0.5) is 10.2 Å². The number of aromatic amines is 2. The number of aromatic nitrogens is 3. The lowest BCUT2D eigenvalue weighted by Gasteiger charge is -2.32. The van der Waals surface area contributed by atoms with Crippen molar-refractivity contribution in [1.29, 1.82) is 0 Å². The molecule has 0 spiro atoms. The summed E-state index contributed by atoms with van der Waals surface area (Å²) in [6, 6.07) is 14.3. The number of carbonyl (C=O) groups excluding carboxylic acids is 1. The van der Waals surface area contributed by atoms with Crippen molar-refractivity contribution >= 4 is 23.1 Å². The van der Waals surface area contributed by atoms with Crippen LogP contribution >= 0.6 is 11.3 Å². The van der Waals surface area contributed by atoms with E-state index in [1.165, 1.54) is 17.0 Å². The standard InChI is InChI=1S/C23H22FN5OS/c24-17-5-3-15(4-6-17)16-12-20(25-14-16)23(30)26-18-7-9-29(10-8-18)22-13-19(27-28-22)21-2-1-11-31-21/h1-6,11-14,18,25H,7-10H2,(H,26,30)(H,27,28). The number of thiophene rings is 1. The van der Waals surface area contributed by atoms with Crippen LogP contribution in [-0.4, -0.2) is 40.2 Å². The summed E-state index contributed by atoms with van der Waals surface area (Å²) in [5.41, 5.74) is 3.27. The molecule has 1 aliphatic rings. The summed E-state index contributed by atoms with van der Waals surface area (Å²) in [4.78, 5) is 19.1.